The van der Waals surface area contributed by atoms with Crippen molar-refractivity contribution in [3.05, 3.63) is 0 Å². The first-order valence-electron chi connectivity index (χ1n) is 4.45. The number of ether oxygens (including phenoxy) is 2. The fraction of sp³-hybridized carbons (Fsp3) is 1.00. The van der Waals surface area contributed by atoms with Crippen LogP contribution in [-0.4, -0.2) is 26.4 Å². The number of unbranched alkanes of at least 4 members (excludes halogenated alkanes) is 1. The Morgan fingerprint density at radius 1 is 1.27 bits per heavy atom. The van der Waals surface area contributed by atoms with E-state index in [-0.39, 0.29) is 0 Å². The van der Waals surface area contributed by atoms with Gasteiger partial charge in [-0.25, -0.2) is 0 Å². The molecule has 0 aromatic rings. The molecule has 0 heterocycles. The van der Waals surface area contributed by atoms with Crippen molar-refractivity contribution in [2.45, 2.75) is 39.2 Å². The lowest BCUT2D eigenvalue weighted by Gasteiger charge is -2.14. The van der Waals surface area contributed by atoms with Crippen LogP contribution in [0.5, 0.6) is 0 Å². The lowest BCUT2D eigenvalue weighted by atomic mass is 10.3. The van der Waals surface area contributed by atoms with Crippen molar-refractivity contribution in [1.29, 1.82) is 0 Å². The molecule has 0 aliphatic heterocycles. The van der Waals surface area contributed by atoms with Gasteiger partial charge >= 0.3 is 0 Å². The van der Waals surface area contributed by atoms with E-state index in [1.54, 1.807) is 7.11 Å². The predicted octanol–water partition coefficient (Wildman–Crippen LogP) is 2.23. The molecule has 2 nitrogen and oxygen atoms in total. The molecule has 0 aliphatic rings. The highest BCUT2D eigenvalue weighted by Crippen LogP contribution is 2.00. The Hall–Kier alpha value is -0.0800. The monoisotopic (exact) mass is 160 g/mol. The van der Waals surface area contributed by atoms with Gasteiger partial charge in [0.25, 0.3) is 0 Å². The van der Waals surface area contributed by atoms with E-state index in [0.717, 1.165) is 26.1 Å². The van der Waals surface area contributed by atoms with Crippen molar-refractivity contribution in [2.24, 2.45) is 0 Å². The van der Waals surface area contributed by atoms with E-state index in [4.69, 9.17) is 9.47 Å². The standard InChI is InChI=1S/C9H20O2/c1-4-6-7-11-9(5-2)8-10-3/h9H,4-8H2,1-3H3. The molecule has 68 valence electrons. The van der Waals surface area contributed by atoms with Crippen LogP contribution in [0.3, 0.4) is 0 Å². The summed E-state index contributed by atoms with van der Waals surface area (Å²) in [6, 6.07) is 0. The fourth-order valence-corrected chi connectivity index (χ4v) is 0.864. The Morgan fingerprint density at radius 2 is 2.00 bits per heavy atom. The maximum absolute atomic E-state index is 5.55. The first kappa shape index (κ1) is 10.9. The maximum atomic E-state index is 5.55. The molecule has 0 saturated heterocycles. The maximum Gasteiger partial charge on any atom is 0.0805 e. The van der Waals surface area contributed by atoms with Crippen LogP contribution in [0.2, 0.25) is 0 Å². The molecule has 0 fully saturated rings. The normalized spacial score (nSPS) is 13.4. The third-order valence-electron chi connectivity index (χ3n) is 1.66. The Kier molecular flexibility index (Phi) is 7.96. The first-order valence-corrected chi connectivity index (χ1v) is 4.45. The molecule has 0 saturated carbocycles. The van der Waals surface area contributed by atoms with Gasteiger partial charge in [-0.05, 0) is 12.8 Å². The summed E-state index contributed by atoms with van der Waals surface area (Å²) in [4.78, 5) is 0. The fourth-order valence-electron chi connectivity index (χ4n) is 0.864. The molecule has 0 aromatic heterocycles. The zero-order valence-electron chi connectivity index (χ0n) is 7.93. The number of hydrogen-bond acceptors (Lipinski definition) is 2. The molecular formula is C9H20O2. The second-order valence-electron chi connectivity index (χ2n) is 2.71. The van der Waals surface area contributed by atoms with Crippen molar-refractivity contribution >= 4 is 0 Å². The molecule has 0 amide bonds. The average molecular weight is 160 g/mol. The largest absolute Gasteiger partial charge is 0.382 e. The number of rotatable bonds is 7. The second-order valence-corrected chi connectivity index (χ2v) is 2.71. The van der Waals surface area contributed by atoms with Gasteiger partial charge in [0.1, 0.15) is 0 Å². The van der Waals surface area contributed by atoms with Gasteiger partial charge < -0.3 is 9.47 Å². The smallest absolute Gasteiger partial charge is 0.0805 e. The average Bonchev–Trinajstić information content (AvgIpc) is 2.03. The summed E-state index contributed by atoms with van der Waals surface area (Å²) in [5.74, 6) is 0. The molecule has 0 N–H and O–H groups in total. The van der Waals surface area contributed by atoms with E-state index in [2.05, 4.69) is 13.8 Å². The van der Waals surface area contributed by atoms with Gasteiger partial charge in [-0.3, -0.25) is 0 Å². The molecular weight excluding hydrogens is 140 g/mol. The number of methoxy groups -OCH3 is 1. The molecule has 0 rings (SSSR count). The molecule has 0 bridgehead atoms. The van der Waals surface area contributed by atoms with Crippen molar-refractivity contribution in [1.82, 2.24) is 0 Å². The van der Waals surface area contributed by atoms with E-state index in [0.29, 0.717) is 6.10 Å². The third kappa shape index (κ3) is 6.32. The minimum absolute atomic E-state index is 0.298. The summed E-state index contributed by atoms with van der Waals surface area (Å²) >= 11 is 0. The van der Waals surface area contributed by atoms with Gasteiger partial charge in [-0.2, -0.15) is 0 Å². The van der Waals surface area contributed by atoms with Crippen LogP contribution in [0.1, 0.15) is 33.1 Å². The van der Waals surface area contributed by atoms with Crippen molar-refractivity contribution < 1.29 is 9.47 Å². The Balaban J connectivity index is 3.20. The van der Waals surface area contributed by atoms with Gasteiger partial charge in [0.15, 0.2) is 0 Å². The van der Waals surface area contributed by atoms with E-state index >= 15 is 0 Å². The highest BCUT2D eigenvalue weighted by molar-refractivity contribution is 4.52. The summed E-state index contributed by atoms with van der Waals surface area (Å²) in [5, 5.41) is 0. The topological polar surface area (TPSA) is 18.5 Å². The van der Waals surface area contributed by atoms with Crippen LogP contribution < -0.4 is 0 Å². The van der Waals surface area contributed by atoms with Crippen LogP contribution in [-0.2, 0) is 9.47 Å². The molecule has 11 heavy (non-hydrogen) atoms. The quantitative estimate of drug-likeness (QED) is 0.532. The van der Waals surface area contributed by atoms with Crippen molar-refractivity contribution in [3.8, 4) is 0 Å². The lowest BCUT2D eigenvalue weighted by molar-refractivity contribution is -0.00459. The van der Waals surface area contributed by atoms with Crippen LogP contribution in [0, 0.1) is 0 Å². The predicted molar refractivity (Wildman–Crippen MR) is 46.8 cm³/mol. The van der Waals surface area contributed by atoms with Crippen LogP contribution in [0.25, 0.3) is 0 Å². The molecule has 1 unspecified atom stereocenters. The molecule has 0 spiro atoms. The molecule has 0 aliphatic carbocycles. The SMILES string of the molecule is CCCCOC(CC)COC. The second kappa shape index (κ2) is 8.02. The third-order valence-corrected chi connectivity index (χ3v) is 1.66. The van der Waals surface area contributed by atoms with Gasteiger partial charge in [0.05, 0.1) is 12.7 Å². The van der Waals surface area contributed by atoms with E-state index in [9.17, 15) is 0 Å². The van der Waals surface area contributed by atoms with Crippen LogP contribution in [0.15, 0.2) is 0 Å². The molecule has 1 atom stereocenters. The van der Waals surface area contributed by atoms with Gasteiger partial charge in [-0.1, -0.05) is 20.3 Å². The minimum atomic E-state index is 0.298. The Bertz CT molecular complexity index is 74.0. The number of hydrogen-bond donors (Lipinski definition) is 0. The van der Waals surface area contributed by atoms with Gasteiger partial charge in [0.2, 0.25) is 0 Å². The van der Waals surface area contributed by atoms with E-state index in [1.165, 1.54) is 6.42 Å². The first-order chi connectivity index (χ1) is 5.35. The molecule has 0 radical (unpaired) electrons. The highest BCUT2D eigenvalue weighted by atomic mass is 16.5. The summed E-state index contributed by atoms with van der Waals surface area (Å²) in [7, 11) is 1.71. The summed E-state index contributed by atoms with van der Waals surface area (Å²) < 4.78 is 10.5. The van der Waals surface area contributed by atoms with Crippen LogP contribution >= 0.6 is 0 Å². The van der Waals surface area contributed by atoms with E-state index in [1.807, 2.05) is 0 Å². The lowest BCUT2D eigenvalue weighted by Crippen LogP contribution is -2.18. The summed E-state index contributed by atoms with van der Waals surface area (Å²) in [6.07, 6.45) is 3.69. The van der Waals surface area contributed by atoms with Gasteiger partial charge in [0, 0.05) is 13.7 Å². The van der Waals surface area contributed by atoms with E-state index < -0.39 is 0 Å². The Morgan fingerprint density at radius 3 is 2.45 bits per heavy atom. The van der Waals surface area contributed by atoms with Crippen molar-refractivity contribution in [3.63, 3.8) is 0 Å². The highest BCUT2D eigenvalue weighted by Gasteiger charge is 2.03. The van der Waals surface area contributed by atoms with Crippen LogP contribution in [0.4, 0.5) is 0 Å². The zero-order valence-corrected chi connectivity index (χ0v) is 7.93. The summed E-state index contributed by atoms with van der Waals surface area (Å²) in [6.45, 7) is 5.88. The molecule has 0 aromatic carbocycles. The minimum Gasteiger partial charge on any atom is -0.382 e. The van der Waals surface area contributed by atoms with Gasteiger partial charge in [-0.15, -0.1) is 0 Å². The zero-order chi connectivity index (χ0) is 8.53. The summed E-state index contributed by atoms with van der Waals surface area (Å²) in [5.41, 5.74) is 0. The van der Waals surface area contributed by atoms with Crippen molar-refractivity contribution in [2.75, 3.05) is 20.3 Å². The Labute approximate surface area is 69.9 Å². The molecule has 2 heteroatoms.